The van der Waals surface area contributed by atoms with Gasteiger partial charge in [0.2, 0.25) is 0 Å². The van der Waals surface area contributed by atoms with Crippen molar-refractivity contribution in [2.75, 3.05) is 19.6 Å². The highest BCUT2D eigenvalue weighted by Gasteiger charge is 2.36. The molecule has 2 aliphatic heterocycles. The molecule has 0 N–H and O–H groups in total. The van der Waals surface area contributed by atoms with E-state index >= 15 is 0 Å². The second-order valence-electron chi connectivity index (χ2n) is 3.43. The lowest BCUT2D eigenvalue weighted by Crippen LogP contribution is -2.25. The van der Waals surface area contributed by atoms with E-state index in [2.05, 4.69) is 4.90 Å². The molecule has 2 bridgehead atoms. The molecular formula is C8H13NO2. The number of carbonyl (C=O) groups excluding carboxylic acids is 1. The molecule has 2 aliphatic rings. The summed E-state index contributed by atoms with van der Waals surface area (Å²) in [6.45, 7) is 3.88. The van der Waals surface area contributed by atoms with E-state index in [-0.39, 0.29) is 6.10 Å². The van der Waals surface area contributed by atoms with Crippen molar-refractivity contribution >= 4 is 6.47 Å². The quantitative estimate of drug-likeness (QED) is 0.535. The van der Waals surface area contributed by atoms with Crippen molar-refractivity contribution in [1.82, 2.24) is 4.90 Å². The van der Waals surface area contributed by atoms with Gasteiger partial charge in [-0.25, -0.2) is 0 Å². The summed E-state index contributed by atoms with van der Waals surface area (Å²) in [5.41, 5.74) is 0. The highest BCUT2D eigenvalue weighted by Crippen LogP contribution is 2.28. The van der Waals surface area contributed by atoms with E-state index in [9.17, 15) is 4.79 Å². The molecule has 0 saturated carbocycles. The van der Waals surface area contributed by atoms with Crippen molar-refractivity contribution in [3.63, 3.8) is 0 Å². The molecular weight excluding hydrogens is 142 g/mol. The topological polar surface area (TPSA) is 29.5 Å². The van der Waals surface area contributed by atoms with Crippen molar-refractivity contribution in [2.45, 2.75) is 18.9 Å². The van der Waals surface area contributed by atoms with Gasteiger partial charge in [-0.15, -0.1) is 0 Å². The van der Waals surface area contributed by atoms with Crippen molar-refractivity contribution in [3.8, 4) is 0 Å². The number of ether oxygens (including phenoxy) is 1. The lowest BCUT2D eigenvalue weighted by Gasteiger charge is -2.20. The third-order valence-electron chi connectivity index (χ3n) is 2.74. The van der Waals surface area contributed by atoms with Crippen LogP contribution in [-0.2, 0) is 9.53 Å². The minimum absolute atomic E-state index is 0.190. The van der Waals surface area contributed by atoms with Crippen LogP contribution < -0.4 is 0 Å². The molecule has 0 spiro atoms. The summed E-state index contributed by atoms with van der Waals surface area (Å²) >= 11 is 0. The zero-order valence-electron chi connectivity index (χ0n) is 6.53. The van der Waals surface area contributed by atoms with Crippen molar-refractivity contribution in [2.24, 2.45) is 5.92 Å². The fourth-order valence-corrected chi connectivity index (χ4v) is 2.19. The van der Waals surface area contributed by atoms with Crippen molar-refractivity contribution < 1.29 is 9.53 Å². The molecule has 0 aliphatic carbocycles. The van der Waals surface area contributed by atoms with E-state index in [0.717, 1.165) is 13.1 Å². The van der Waals surface area contributed by atoms with Gasteiger partial charge in [-0.2, -0.15) is 0 Å². The highest BCUT2D eigenvalue weighted by molar-refractivity contribution is 5.37. The molecule has 3 unspecified atom stereocenters. The van der Waals surface area contributed by atoms with Crippen LogP contribution in [0.3, 0.4) is 0 Å². The molecule has 11 heavy (non-hydrogen) atoms. The molecule has 0 aromatic rings. The fourth-order valence-electron chi connectivity index (χ4n) is 2.19. The van der Waals surface area contributed by atoms with Gasteiger partial charge < -0.3 is 4.74 Å². The Morgan fingerprint density at radius 1 is 1.45 bits per heavy atom. The second kappa shape index (κ2) is 2.81. The van der Waals surface area contributed by atoms with Crippen LogP contribution in [0.5, 0.6) is 0 Å². The number of carbonyl (C=O) groups is 1. The number of piperidine rings is 1. The third-order valence-corrected chi connectivity index (χ3v) is 2.74. The number of hydrogen-bond donors (Lipinski definition) is 0. The van der Waals surface area contributed by atoms with Crippen molar-refractivity contribution in [1.29, 1.82) is 0 Å². The Morgan fingerprint density at radius 2 is 2.36 bits per heavy atom. The average molecular weight is 155 g/mol. The Balaban J connectivity index is 1.97. The first kappa shape index (κ1) is 7.10. The zero-order chi connectivity index (χ0) is 7.68. The third kappa shape index (κ3) is 1.25. The molecule has 2 heterocycles. The average Bonchev–Trinajstić information content (AvgIpc) is 2.29. The molecule has 0 amide bonds. The van der Waals surface area contributed by atoms with E-state index in [1.54, 1.807) is 0 Å². The number of fused-ring (bicyclic) bond motifs is 2. The lowest BCUT2D eigenvalue weighted by atomic mass is 9.99. The number of rotatable bonds is 2. The number of nitrogens with zero attached hydrogens (tertiary/aromatic N) is 1. The fraction of sp³-hybridized carbons (Fsp3) is 0.875. The van der Waals surface area contributed by atoms with Crippen LogP contribution in [0.4, 0.5) is 0 Å². The molecule has 62 valence electrons. The largest absolute Gasteiger partial charge is 0.463 e. The smallest absolute Gasteiger partial charge is 0.293 e. The maximum atomic E-state index is 10.1. The minimum Gasteiger partial charge on any atom is -0.463 e. The summed E-state index contributed by atoms with van der Waals surface area (Å²) in [6, 6.07) is 0. The molecule has 3 atom stereocenters. The first-order valence-corrected chi connectivity index (χ1v) is 4.21. The van der Waals surface area contributed by atoms with Gasteiger partial charge in [0.25, 0.3) is 6.47 Å². The zero-order valence-corrected chi connectivity index (χ0v) is 6.53. The highest BCUT2D eigenvalue weighted by atomic mass is 16.5. The summed E-state index contributed by atoms with van der Waals surface area (Å²) in [6.07, 6.45) is 2.69. The Hall–Kier alpha value is -0.570. The van der Waals surface area contributed by atoms with Gasteiger partial charge in [-0.05, 0) is 19.4 Å². The van der Waals surface area contributed by atoms with E-state index in [1.807, 2.05) is 0 Å². The minimum atomic E-state index is 0.190. The van der Waals surface area contributed by atoms with Gasteiger partial charge in [0, 0.05) is 19.0 Å². The maximum Gasteiger partial charge on any atom is 0.293 e. The summed E-state index contributed by atoms with van der Waals surface area (Å²) in [4.78, 5) is 12.5. The standard InChI is InChI=1S/C8H13NO2/c10-6-11-8-5-9-3-1-2-7(8)4-9/h6-8H,1-5H2. The first-order chi connectivity index (χ1) is 5.40. The molecule has 3 nitrogen and oxygen atoms in total. The van der Waals surface area contributed by atoms with Crippen LogP contribution in [0.25, 0.3) is 0 Å². The maximum absolute atomic E-state index is 10.1. The summed E-state index contributed by atoms with van der Waals surface area (Å²) < 4.78 is 4.99. The van der Waals surface area contributed by atoms with Crippen LogP contribution in [0.2, 0.25) is 0 Å². The normalized spacial score (nSPS) is 42.0. The Morgan fingerprint density at radius 3 is 3.09 bits per heavy atom. The molecule has 2 saturated heterocycles. The van der Waals surface area contributed by atoms with Gasteiger partial charge in [-0.3, -0.25) is 9.69 Å². The van der Waals surface area contributed by atoms with Crippen LogP contribution in [0.15, 0.2) is 0 Å². The Bertz CT molecular complexity index is 160. The monoisotopic (exact) mass is 155 g/mol. The molecule has 2 rings (SSSR count). The summed E-state index contributed by atoms with van der Waals surface area (Å²) in [7, 11) is 0. The SMILES string of the molecule is O=COC1CN2CCCC1C2. The Kier molecular flexibility index (Phi) is 1.82. The summed E-state index contributed by atoms with van der Waals surface area (Å²) in [5, 5.41) is 0. The first-order valence-electron chi connectivity index (χ1n) is 4.21. The molecule has 0 aromatic carbocycles. The van der Waals surface area contributed by atoms with Crippen LogP contribution in [0, 0.1) is 5.92 Å². The van der Waals surface area contributed by atoms with Gasteiger partial charge >= 0.3 is 0 Å². The second-order valence-corrected chi connectivity index (χ2v) is 3.43. The van der Waals surface area contributed by atoms with Crippen molar-refractivity contribution in [3.05, 3.63) is 0 Å². The van der Waals surface area contributed by atoms with Gasteiger partial charge in [0.05, 0.1) is 0 Å². The van der Waals surface area contributed by atoms with E-state index < -0.39 is 0 Å². The van der Waals surface area contributed by atoms with Gasteiger partial charge in [0.15, 0.2) is 0 Å². The van der Waals surface area contributed by atoms with Crippen LogP contribution in [0.1, 0.15) is 12.8 Å². The predicted molar refractivity (Wildman–Crippen MR) is 40.1 cm³/mol. The molecule has 0 radical (unpaired) electrons. The molecule has 3 heteroatoms. The number of hydrogen-bond acceptors (Lipinski definition) is 3. The van der Waals surface area contributed by atoms with Gasteiger partial charge in [0.1, 0.15) is 6.10 Å². The van der Waals surface area contributed by atoms with Crippen LogP contribution >= 0.6 is 0 Å². The van der Waals surface area contributed by atoms with E-state index in [1.165, 1.54) is 19.4 Å². The molecule has 0 aromatic heterocycles. The Labute approximate surface area is 66.3 Å². The predicted octanol–water partition coefficient (Wildman–Crippen LogP) is 0.254. The van der Waals surface area contributed by atoms with E-state index in [0.29, 0.717) is 12.4 Å². The van der Waals surface area contributed by atoms with E-state index in [4.69, 9.17) is 4.74 Å². The van der Waals surface area contributed by atoms with Crippen LogP contribution in [-0.4, -0.2) is 37.1 Å². The lowest BCUT2D eigenvalue weighted by molar-refractivity contribution is -0.134. The molecule has 2 fully saturated rings. The van der Waals surface area contributed by atoms with Gasteiger partial charge in [-0.1, -0.05) is 0 Å². The summed E-state index contributed by atoms with van der Waals surface area (Å²) in [5.74, 6) is 0.619.